The molecule has 0 saturated heterocycles. The van der Waals surface area contributed by atoms with Gasteiger partial charge < -0.3 is 10.4 Å². The lowest BCUT2D eigenvalue weighted by atomic mass is 9.96. The summed E-state index contributed by atoms with van der Waals surface area (Å²) in [5, 5.41) is 11.9. The molecule has 1 aromatic rings. The standard InChI is InChI=1S/C15H16BrNO3/c1-15(14(19)20,11-6-7-11)17-13(18)8-5-10-3-2-4-12(16)9-10/h2-5,8-9,11H,6-7H2,1H3,(H,17,18)(H,19,20)/b8-5+. The zero-order valence-electron chi connectivity index (χ0n) is 11.1. The van der Waals surface area contributed by atoms with Crippen LogP contribution < -0.4 is 5.32 Å². The summed E-state index contributed by atoms with van der Waals surface area (Å²) < 4.78 is 0.924. The molecular formula is C15H16BrNO3. The van der Waals surface area contributed by atoms with E-state index in [9.17, 15) is 14.7 Å². The van der Waals surface area contributed by atoms with Crippen LogP contribution in [0.1, 0.15) is 25.3 Å². The lowest BCUT2D eigenvalue weighted by Gasteiger charge is -2.25. The molecular weight excluding hydrogens is 322 g/mol. The molecule has 0 aromatic heterocycles. The first-order chi connectivity index (χ1) is 9.41. The average molecular weight is 338 g/mol. The molecule has 0 heterocycles. The van der Waals surface area contributed by atoms with Gasteiger partial charge in [-0.1, -0.05) is 28.1 Å². The topological polar surface area (TPSA) is 66.4 Å². The van der Waals surface area contributed by atoms with Gasteiger partial charge in [0.2, 0.25) is 5.91 Å². The number of halogens is 1. The van der Waals surface area contributed by atoms with Crippen LogP contribution in [-0.4, -0.2) is 22.5 Å². The minimum absolute atomic E-state index is 0.0308. The van der Waals surface area contributed by atoms with Gasteiger partial charge in [-0.05, 0) is 49.5 Å². The number of carbonyl (C=O) groups is 2. The number of rotatable bonds is 5. The Morgan fingerprint density at radius 1 is 1.45 bits per heavy atom. The Morgan fingerprint density at radius 2 is 2.15 bits per heavy atom. The lowest BCUT2D eigenvalue weighted by Crippen LogP contribution is -2.53. The van der Waals surface area contributed by atoms with E-state index in [0.29, 0.717) is 0 Å². The fourth-order valence-corrected chi connectivity index (χ4v) is 2.49. The van der Waals surface area contributed by atoms with Crippen molar-refractivity contribution in [1.29, 1.82) is 0 Å². The smallest absolute Gasteiger partial charge is 0.329 e. The average Bonchev–Trinajstić information content (AvgIpc) is 3.20. The van der Waals surface area contributed by atoms with Crippen molar-refractivity contribution in [2.75, 3.05) is 0 Å². The van der Waals surface area contributed by atoms with E-state index >= 15 is 0 Å². The van der Waals surface area contributed by atoms with Crippen LogP contribution in [0, 0.1) is 5.92 Å². The quantitative estimate of drug-likeness (QED) is 0.812. The molecule has 0 spiro atoms. The van der Waals surface area contributed by atoms with Crippen LogP contribution in [0.3, 0.4) is 0 Å². The Kier molecular flexibility index (Phi) is 4.28. The van der Waals surface area contributed by atoms with Crippen molar-refractivity contribution in [3.8, 4) is 0 Å². The number of carboxylic acids is 1. The Balaban J connectivity index is 2.03. The predicted octanol–water partition coefficient (Wildman–Crippen LogP) is 2.83. The van der Waals surface area contributed by atoms with Crippen LogP contribution in [0.5, 0.6) is 0 Å². The molecule has 0 bridgehead atoms. The maximum Gasteiger partial charge on any atom is 0.329 e. The van der Waals surface area contributed by atoms with Crippen molar-refractivity contribution in [2.45, 2.75) is 25.3 Å². The van der Waals surface area contributed by atoms with Crippen LogP contribution in [-0.2, 0) is 9.59 Å². The fraction of sp³-hybridized carbons (Fsp3) is 0.333. The van der Waals surface area contributed by atoms with E-state index in [1.165, 1.54) is 6.08 Å². The highest BCUT2D eigenvalue weighted by atomic mass is 79.9. The van der Waals surface area contributed by atoms with Gasteiger partial charge >= 0.3 is 5.97 Å². The monoisotopic (exact) mass is 337 g/mol. The minimum atomic E-state index is -1.17. The van der Waals surface area contributed by atoms with E-state index in [0.717, 1.165) is 22.9 Å². The maximum atomic E-state index is 11.9. The van der Waals surface area contributed by atoms with Gasteiger partial charge in [-0.2, -0.15) is 0 Å². The molecule has 0 radical (unpaired) electrons. The summed E-state index contributed by atoms with van der Waals surface area (Å²) >= 11 is 3.35. The van der Waals surface area contributed by atoms with E-state index < -0.39 is 11.5 Å². The number of benzene rings is 1. The maximum absolute atomic E-state index is 11.9. The summed E-state index contributed by atoms with van der Waals surface area (Å²) in [4.78, 5) is 23.2. The summed E-state index contributed by atoms with van der Waals surface area (Å²) in [5.74, 6) is -1.34. The molecule has 106 valence electrons. The Morgan fingerprint density at radius 3 is 2.70 bits per heavy atom. The number of carboxylic acid groups (broad SMARTS) is 1. The Labute approximate surface area is 126 Å². The third-order valence-corrected chi connectivity index (χ3v) is 3.99. The van der Waals surface area contributed by atoms with E-state index in [1.807, 2.05) is 24.3 Å². The van der Waals surface area contributed by atoms with Gasteiger partial charge in [0.1, 0.15) is 5.54 Å². The minimum Gasteiger partial charge on any atom is -0.480 e. The van der Waals surface area contributed by atoms with E-state index in [1.54, 1.807) is 13.0 Å². The molecule has 1 aliphatic rings. The molecule has 1 amide bonds. The molecule has 1 atom stereocenters. The first-order valence-electron chi connectivity index (χ1n) is 6.41. The van der Waals surface area contributed by atoms with Crippen LogP contribution >= 0.6 is 15.9 Å². The number of hydrogen-bond donors (Lipinski definition) is 2. The summed E-state index contributed by atoms with van der Waals surface area (Å²) in [6, 6.07) is 7.51. The third-order valence-electron chi connectivity index (χ3n) is 3.50. The predicted molar refractivity (Wildman–Crippen MR) is 80.1 cm³/mol. The molecule has 4 nitrogen and oxygen atoms in total. The van der Waals surface area contributed by atoms with Crippen molar-refractivity contribution in [1.82, 2.24) is 5.32 Å². The molecule has 1 aromatic carbocycles. The van der Waals surface area contributed by atoms with Gasteiger partial charge in [-0.15, -0.1) is 0 Å². The molecule has 0 aliphatic heterocycles. The molecule has 1 unspecified atom stereocenters. The van der Waals surface area contributed by atoms with Crippen LogP contribution in [0.25, 0.3) is 6.08 Å². The molecule has 1 saturated carbocycles. The number of aliphatic carboxylic acids is 1. The summed E-state index contributed by atoms with van der Waals surface area (Å²) in [6.45, 7) is 1.57. The summed E-state index contributed by atoms with van der Waals surface area (Å²) in [6.07, 6.45) is 4.72. The lowest BCUT2D eigenvalue weighted by molar-refractivity contribution is -0.147. The van der Waals surface area contributed by atoms with Crippen molar-refractivity contribution in [3.63, 3.8) is 0 Å². The van der Waals surface area contributed by atoms with Crippen LogP contribution in [0.2, 0.25) is 0 Å². The van der Waals surface area contributed by atoms with Crippen molar-refractivity contribution >= 4 is 33.9 Å². The van der Waals surface area contributed by atoms with E-state index in [-0.39, 0.29) is 11.8 Å². The fourth-order valence-electron chi connectivity index (χ4n) is 2.07. The molecule has 1 aliphatic carbocycles. The van der Waals surface area contributed by atoms with E-state index in [2.05, 4.69) is 21.2 Å². The second kappa shape index (κ2) is 5.79. The van der Waals surface area contributed by atoms with Gasteiger partial charge in [0.15, 0.2) is 0 Å². The summed E-state index contributed by atoms with van der Waals surface area (Å²) in [7, 11) is 0. The first-order valence-corrected chi connectivity index (χ1v) is 7.20. The molecule has 1 fully saturated rings. The zero-order chi connectivity index (χ0) is 14.8. The molecule has 20 heavy (non-hydrogen) atoms. The van der Waals surface area contributed by atoms with Gasteiger partial charge in [0.05, 0.1) is 0 Å². The second-order valence-electron chi connectivity index (χ2n) is 5.16. The highest BCUT2D eigenvalue weighted by Crippen LogP contribution is 2.39. The normalized spacial score (nSPS) is 17.7. The SMILES string of the molecule is CC(NC(=O)/C=C/c1cccc(Br)c1)(C(=O)O)C1CC1. The van der Waals surface area contributed by atoms with Gasteiger partial charge in [0.25, 0.3) is 0 Å². The number of hydrogen-bond acceptors (Lipinski definition) is 2. The van der Waals surface area contributed by atoms with Gasteiger partial charge in [0, 0.05) is 10.5 Å². The Bertz CT molecular complexity index is 566. The molecule has 2 rings (SSSR count). The van der Waals surface area contributed by atoms with Crippen molar-refractivity contribution < 1.29 is 14.7 Å². The Hall–Kier alpha value is -1.62. The highest BCUT2D eigenvalue weighted by molar-refractivity contribution is 9.10. The number of amides is 1. The first kappa shape index (κ1) is 14.8. The molecule has 2 N–H and O–H groups in total. The van der Waals surface area contributed by atoms with Crippen molar-refractivity contribution in [2.24, 2.45) is 5.92 Å². The zero-order valence-corrected chi connectivity index (χ0v) is 12.7. The van der Waals surface area contributed by atoms with Crippen LogP contribution in [0.4, 0.5) is 0 Å². The van der Waals surface area contributed by atoms with Crippen molar-refractivity contribution in [3.05, 3.63) is 40.4 Å². The number of nitrogens with one attached hydrogen (secondary N) is 1. The third kappa shape index (κ3) is 3.48. The largest absolute Gasteiger partial charge is 0.480 e. The highest BCUT2D eigenvalue weighted by Gasteiger charge is 2.48. The second-order valence-corrected chi connectivity index (χ2v) is 6.08. The number of carbonyl (C=O) groups excluding carboxylic acids is 1. The van der Waals surface area contributed by atoms with E-state index in [4.69, 9.17) is 0 Å². The van der Waals surface area contributed by atoms with Gasteiger partial charge in [-0.25, -0.2) is 4.79 Å². The summed E-state index contributed by atoms with van der Waals surface area (Å²) in [5.41, 5.74) is -0.295. The van der Waals surface area contributed by atoms with Crippen LogP contribution in [0.15, 0.2) is 34.8 Å². The molecule has 5 heteroatoms. The van der Waals surface area contributed by atoms with Gasteiger partial charge in [-0.3, -0.25) is 4.79 Å².